The van der Waals surface area contributed by atoms with E-state index in [9.17, 15) is 14.0 Å². The lowest BCUT2D eigenvalue weighted by atomic mass is 9.94. The summed E-state index contributed by atoms with van der Waals surface area (Å²) in [6, 6.07) is 28.1. The van der Waals surface area contributed by atoms with Crippen LogP contribution in [0.3, 0.4) is 0 Å². The van der Waals surface area contributed by atoms with E-state index in [1.54, 1.807) is 37.5 Å². The third-order valence-electron chi connectivity index (χ3n) is 8.67. The molecule has 0 aliphatic heterocycles. The molecule has 1 aliphatic carbocycles. The molecular formula is C39H31ClFN3O4. The molecule has 0 radical (unpaired) electrons. The van der Waals surface area contributed by atoms with Crippen LogP contribution in [0.5, 0.6) is 5.75 Å². The Balaban J connectivity index is 1.31. The number of hydrogen-bond acceptors (Lipinski definition) is 5. The van der Waals surface area contributed by atoms with Crippen LogP contribution in [0.1, 0.15) is 50.4 Å². The van der Waals surface area contributed by atoms with Gasteiger partial charge < -0.3 is 19.8 Å². The number of rotatable bonds is 9. The summed E-state index contributed by atoms with van der Waals surface area (Å²) >= 11 is 6.21. The number of carbonyl (C=O) groups is 2. The van der Waals surface area contributed by atoms with Crippen LogP contribution in [0.25, 0.3) is 33.4 Å². The first-order chi connectivity index (χ1) is 23.2. The van der Waals surface area contributed by atoms with Gasteiger partial charge in [0.1, 0.15) is 29.5 Å². The van der Waals surface area contributed by atoms with E-state index >= 15 is 0 Å². The minimum absolute atomic E-state index is 0.216. The summed E-state index contributed by atoms with van der Waals surface area (Å²) in [5.74, 6) is -0.237. The Labute approximate surface area is 281 Å². The predicted octanol–water partition coefficient (Wildman–Crippen LogP) is 8.62. The average molecular weight is 660 g/mol. The second-order valence-corrected chi connectivity index (χ2v) is 12.4. The van der Waals surface area contributed by atoms with Crippen LogP contribution in [0, 0.1) is 12.7 Å². The SMILES string of the molecule is CNC(=O)c1c(-c2ccc(F)cc2)oc2ccc(-c3cc(C(=O)NC4(c5ccccn5)CC4)c(OCc4cccc(Cl)c4)cc3C)cc12. The van der Waals surface area contributed by atoms with Crippen LogP contribution in [0.2, 0.25) is 5.02 Å². The number of nitrogens with zero attached hydrogens (tertiary/aromatic N) is 1. The molecule has 2 aromatic heterocycles. The lowest BCUT2D eigenvalue weighted by Crippen LogP contribution is -2.35. The fraction of sp³-hybridized carbons (Fsp3) is 0.154. The first-order valence-electron chi connectivity index (χ1n) is 15.6. The van der Waals surface area contributed by atoms with Crippen molar-refractivity contribution in [3.8, 4) is 28.2 Å². The summed E-state index contributed by atoms with van der Waals surface area (Å²) < 4.78 is 26.1. The zero-order chi connectivity index (χ0) is 33.4. The van der Waals surface area contributed by atoms with Gasteiger partial charge in [0, 0.05) is 29.2 Å². The largest absolute Gasteiger partial charge is 0.488 e. The number of fused-ring (bicyclic) bond motifs is 1. The van der Waals surface area contributed by atoms with E-state index in [1.807, 2.05) is 67.6 Å². The van der Waals surface area contributed by atoms with Gasteiger partial charge in [-0.2, -0.15) is 0 Å². The van der Waals surface area contributed by atoms with Crippen LogP contribution >= 0.6 is 11.6 Å². The van der Waals surface area contributed by atoms with E-state index in [1.165, 1.54) is 12.1 Å². The fourth-order valence-corrected chi connectivity index (χ4v) is 6.21. The van der Waals surface area contributed by atoms with Crippen molar-refractivity contribution in [2.24, 2.45) is 0 Å². The first kappa shape index (κ1) is 31.1. The molecule has 2 amide bonds. The highest BCUT2D eigenvalue weighted by Crippen LogP contribution is 2.45. The van der Waals surface area contributed by atoms with Crippen molar-refractivity contribution < 1.29 is 23.1 Å². The molecule has 4 aromatic carbocycles. The van der Waals surface area contributed by atoms with E-state index in [2.05, 4.69) is 15.6 Å². The second kappa shape index (κ2) is 12.6. The summed E-state index contributed by atoms with van der Waals surface area (Å²) in [5.41, 5.74) is 5.35. The zero-order valence-corrected chi connectivity index (χ0v) is 27.0. The molecule has 2 N–H and O–H groups in total. The van der Waals surface area contributed by atoms with Crippen LogP contribution in [0.4, 0.5) is 4.39 Å². The van der Waals surface area contributed by atoms with Crippen molar-refractivity contribution in [3.05, 3.63) is 142 Å². The van der Waals surface area contributed by atoms with Crippen LogP contribution in [-0.4, -0.2) is 23.8 Å². The number of pyridine rings is 1. The van der Waals surface area contributed by atoms with Crippen molar-refractivity contribution in [1.82, 2.24) is 15.6 Å². The van der Waals surface area contributed by atoms with E-state index in [0.29, 0.717) is 44.2 Å². The van der Waals surface area contributed by atoms with Crippen molar-refractivity contribution in [3.63, 3.8) is 0 Å². The number of ether oxygens (including phenoxy) is 1. The quantitative estimate of drug-likeness (QED) is 0.162. The molecule has 0 spiro atoms. The Morgan fingerprint density at radius 2 is 1.73 bits per heavy atom. The van der Waals surface area contributed by atoms with E-state index in [0.717, 1.165) is 40.8 Å². The smallest absolute Gasteiger partial charge is 0.255 e. The summed E-state index contributed by atoms with van der Waals surface area (Å²) in [5, 5.41) is 7.12. The summed E-state index contributed by atoms with van der Waals surface area (Å²) in [6.07, 6.45) is 3.29. The number of aromatic nitrogens is 1. The molecular weight excluding hydrogens is 629 g/mol. The molecule has 0 bridgehead atoms. The molecule has 9 heteroatoms. The second-order valence-electron chi connectivity index (χ2n) is 11.9. The molecule has 0 saturated heterocycles. The Kier molecular flexibility index (Phi) is 8.19. The van der Waals surface area contributed by atoms with E-state index in [-0.39, 0.29) is 24.2 Å². The van der Waals surface area contributed by atoms with Crippen LogP contribution in [-0.2, 0) is 12.1 Å². The van der Waals surface area contributed by atoms with Gasteiger partial charge in [-0.05, 0) is 115 Å². The molecule has 7 nitrogen and oxygen atoms in total. The molecule has 48 heavy (non-hydrogen) atoms. The third kappa shape index (κ3) is 6.02. The number of carbonyl (C=O) groups excluding carboxylic acids is 2. The molecule has 1 fully saturated rings. The molecule has 0 unspecified atom stereocenters. The first-order valence-corrected chi connectivity index (χ1v) is 15.9. The van der Waals surface area contributed by atoms with Gasteiger partial charge in [-0.25, -0.2) is 4.39 Å². The Morgan fingerprint density at radius 3 is 2.44 bits per heavy atom. The van der Waals surface area contributed by atoms with Gasteiger partial charge in [-0.15, -0.1) is 0 Å². The van der Waals surface area contributed by atoms with Gasteiger partial charge in [0.2, 0.25) is 0 Å². The Hall–Kier alpha value is -5.47. The topological polar surface area (TPSA) is 93.5 Å². The average Bonchev–Trinajstić information content (AvgIpc) is 3.78. The number of hydrogen-bond donors (Lipinski definition) is 2. The third-order valence-corrected chi connectivity index (χ3v) is 8.91. The number of halogens is 2. The van der Waals surface area contributed by atoms with Gasteiger partial charge in [-0.3, -0.25) is 14.6 Å². The highest BCUT2D eigenvalue weighted by molar-refractivity contribution is 6.30. The maximum atomic E-state index is 14.1. The monoisotopic (exact) mass is 659 g/mol. The van der Waals surface area contributed by atoms with Crippen molar-refractivity contribution in [2.45, 2.75) is 31.9 Å². The molecule has 7 rings (SSSR count). The van der Waals surface area contributed by atoms with Crippen LogP contribution in [0.15, 0.2) is 108 Å². The number of amides is 2. The molecule has 6 aromatic rings. The Bertz CT molecular complexity index is 2180. The van der Waals surface area contributed by atoms with E-state index in [4.69, 9.17) is 20.8 Å². The van der Waals surface area contributed by atoms with Gasteiger partial charge in [0.15, 0.2) is 0 Å². The normalized spacial score (nSPS) is 13.2. The lowest BCUT2D eigenvalue weighted by Gasteiger charge is -2.20. The molecule has 0 atom stereocenters. The number of nitrogens with one attached hydrogen (secondary N) is 2. The summed E-state index contributed by atoms with van der Waals surface area (Å²) in [6.45, 7) is 2.16. The fourth-order valence-electron chi connectivity index (χ4n) is 6.00. The summed E-state index contributed by atoms with van der Waals surface area (Å²) in [7, 11) is 1.55. The maximum Gasteiger partial charge on any atom is 0.255 e. The molecule has 240 valence electrons. The zero-order valence-electron chi connectivity index (χ0n) is 26.3. The number of benzene rings is 4. The van der Waals surface area contributed by atoms with Gasteiger partial charge in [-0.1, -0.05) is 35.9 Å². The Morgan fingerprint density at radius 1 is 0.938 bits per heavy atom. The number of furan rings is 1. The predicted molar refractivity (Wildman–Crippen MR) is 184 cm³/mol. The van der Waals surface area contributed by atoms with Crippen molar-refractivity contribution in [1.29, 1.82) is 0 Å². The van der Waals surface area contributed by atoms with E-state index < -0.39 is 5.54 Å². The standard InChI is InChI=1S/C39H31ClFN3O4/c1-23-18-33(47-22-24-6-5-7-27(40)19-24)31(37(45)44-39(15-16-39)34-8-3-4-17-43-34)21-29(23)26-11-14-32-30(20-26)35(38(46)42-2)36(48-32)25-9-12-28(41)13-10-25/h3-14,17-21H,15-16,22H2,1-2H3,(H,42,46)(H,44,45). The lowest BCUT2D eigenvalue weighted by molar-refractivity contribution is 0.0923. The highest BCUT2D eigenvalue weighted by Gasteiger charge is 2.47. The van der Waals surface area contributed by atoms with Crippen molar-refractivity contribution >= 4 is 34.4 Å². The van der Waals surface area contributed by atoms with Crippen molar-refractivity contribution in [2.75, 3.05) is 7.05 Å². The van der Waals surface area contributed by atoms with Crippen LogP contribution < -0.4 is 15.4 Å². The minimum atomic E-state index is -0.539. The number of aryl methyl sites for hydroxylation is 1. The molecule has 2 heterocycles. The van der Waals surface area contributed by atoms with Gasteiger partial charge >= 0.3 is 0 Å². The highest BCUT2D eigenvalue weighted by atomic mass is 35.5. The maximum absolute atomic E-state index is 14.1. The molecule has 1 saturated carbocycles. The van der Waals surface area contributed by atoms with Gasteiger partial charge in [0.05, 0.1) is 22.4 Å². The molecule has 1 aliphatic rings. The van der Waals surface area contributed by atoms with Gasteiger partial charge in [0.25, 0.3) is 11.8 Å². The minimum Gasteiger partial charge on any atom is -0.488 e. The summed E-state index contributed by atoms with van der Waals surface area (Å²) in [4.78, 5) is 31.8.